The molecule has 0 heterocycles. The van der Waals surface area contributed by atoms with Crippen LogP contribution in [-0.2, 0) is 0 Å². The van der Waals surface area contributed by atoms with Crippen LogP contribution in [0.25, 0.3) is 0 Å². The Balaban J connectivity index is 2.45. The van der Waals surface area contributed by atoms with Crippen molar-refractivity contribution in [1.29, 1.82) is 0 Å². The fraction of sp³-hybridized carbons (Fsp3) is 0.0714. The maximum absolute atomic E-state index is 8.84. The number of nitrogens with zero attached hydrogens (tertiary/aromatic N) is 1. The largest absolute Gasteiger partial charge is 0.496 e. The average Bonchev–Trinajstić information content (AvgIpc) is 2.47. The van der Waals surface area contributed by atoms with Gasteiger partial charge < -0.3 is 15.7 Å². The van der Waals surface area contributed by atoms with Gasteiger partial charge in [0.25, 0.3) is 0 Å². The fourth-order valence-corrected chi connectivity index (χ4v) is 3.01. The van der Waals surface area contributed by atoms with Crippen molar-refractivity contribution < 1.29 is 9.94 Å². The number of hydrogen-bond acceptors (Lipinski definition) is 4. The van der Waals surface area contributed by atoms with Gasteiger partial charge in [0.15, 0.2) is 5.84 Å². The predicted octanol–water partition coefficient (Wildman–Crippen LogP) is 3.59. The van der Waals surface area contributed by atoms with Gasteiger partial charge in [-0.1, -0.05) is 40.7 Å². The molecule has 0 bridgehead atoms. The number of oxime groups is 1. The zero-order valence-corrected chi connectivity index (χ0v) is 12.3. The van der Waals surface area contributed by atoms with Crippen LogP contribution < -0.4 is 10.5 Å². The molecule has 0 saturated heterocycles. The molecule has 0 radical (unpaired) electrons. The Hall–Kier alpha value is -1.85. The third-order valence-corrected chi connectivity index (χ3v) is 3.97. The summed E-state index contributed by atoms with van der Waals surface area (Å²) in [6.07, 6.45) is 0. The molecule has 0 atom stereocenters. The Bertz CT molecular complexity index is 647. The minimum atomic E-state index is 0.0408. The lowest BCUT2D eigenvalue weighted by Crippen LogP contribution is -2.14. The number of amidine groups is 1. The summed E-state index contributed by atoms with van der Waals surface area (Å²) in [5.74, 6) is 0.794. The summed E-state index contributed by atoms with van der Waals surface area (Å²) in [6.45, 7) is 0. The monoisotopic (exact) mass is 308 g/mol. The van der Waals surface area contributed by atoms with E-state index >= 15 is 0 Å². The summed E-state index contributed by atoms with van der Waals surface area (Å²) < 4.78 is 5.31. The summed E-state index contributed by atoms with van der Waals surface area (Å²) in [5, 5.41) is 12.5. The number of hydrogen-bond donors (Lipinski definition) is 2. The van der Waals surface area contributed by atoms with Crippen molar-refractivity contribution in [3.63, 3.8) is 0 Å². The van der Waals surface area contributed by atoms with Gasteiger partial charge in [-0.25, -0.2) is 0 Å². The Morgan fingerprint density at radius 3 is 2.70 bits per heavy atom. The number of para-hydroxylation sites is 1. The molecule has 2 rings (SSSR count). The quantitative estimate of drug-likeness (QED) is 0.392. The van der Waals surface area contributed by atoms with Crippen LogP contribution in [0, 0.1) is 0 Å². The molecule has 0 saturated carbocycles. The highest BCUT2D eigenvalue weighted by atomic mass is 35.5. The molecule has 2 aromatic rings. The minimum Gasteiger partial charge on any atom is -0.496 e. The molecule has 0 spiro atoms. The summed E-state index contributed by atoms with van der Waals surface area (Å²) in [7, 11) is 1.61. The zero-order valence-electron chi connectivity index (χ0n) is 10.7. The smallest absolute Gasteiger partial charge is 0.171 e. The van der Waals surface area contributed by atoms with Crippen LogP contribution in [-0.4, -0.2) is 18.2 Å². The Morgan fingerprint density at radius 1 is 1.25 bits per heavy atom. The van der Waals surface area contributed by atoms with Crippen molar-refractivity contribution in [2.24, 2.45) is 10.9 Å². The number of rotatable bonds is 4. The van der Waals surface area contributed by atoms with Crippen LogP contribution in [0.15, 0.2) is 57.4 Å². The third-order valence-electron chi connectivity index (χ3n) is 2.62. The molecule has 0 aliphatic rings. The first-order valence-electron chi connectivity index (χ1n) is 5.74. The van der Waals surface area contributed by atoms with Gasteiger partial charge in [0.2, 0.25) is 0 Å². The summed E-state index contributed by atoms with van der Waals surface area (Å²) >= 11 is 7.46. The van der Waals surface area contributed by atoms with E-state index in [1.807, 2.05) is 24.3 Å². The molecule has 6 heteroatoms. The lowest BCUT2D eigenvalue weighted by molar-refractivity contribution is 0.318. The van der Waals surface area contributed by atoms with E-state index in [1.54, 1.807) is 25.3 Å². The van der Waals surface area contributed by atoms with Crippen LogP contribution in [0.5, 0.6) is 5.75 Å². The van der Waals surface area contributed by atoms with Crippen molar-refractivity contribution in [3.05, 3.63) is 53.1 Å². The molecule has 4 nitrogen and oxygen atoms in total. The van der Waals surface area contributed by atoms with E-state index in [-0.39, 0.29) is 5.84 Å². The van der Waals surface area contributed by atoms with E-state index in [0.29, 0.717) is 10.6 Å². The van der Waals surface area contributed by atoms with Gasteiger partial charge in [0, 0.05) is 15.5 Å². The van der Waals surface area contributed by atoms with Gasteiger partial charge in [-0.3, -0.25) is 0 Å². The van der Waals surface area contributed by atoms with Gasteiger partial charge in [-0.15, -0.1) is 0 Å². The Kier molecular flexibility index (Phi) is 4.76. The lowest BCUT2D eigenvalue weighted by atomic mass is 10.2. The van der Waals surface area contributed by atoms with Gasteiger partial charge in [0.1, 0.15) is 5.75 Å². The SMILES string of the molecule is COc1ccccc1Sc1cc(Cl)ccc1C(N)=NO. The van der Waals surface area contributed by atoms with Crippen LogP contribution in [0.1, 0.15) is 5.56 Å². The molecular formula is C14H13ClN2O2S. The van der Waals surface area contributed by atoms with E-state index in [9.17, 15) is 0 Å². The van der Waals surface area contributed by atoms with Crippen molar-refractivity contribution in [2.75, 3.05) is 7.11 Å². The van der Waals surface area contributed by atoms with Gasteiger partial charge in [-0.05, 0) is 30.3 Å². The molecule has 0 amide bonds. The van der Waals surface area contributed by atoms with E-state index in [0.717, 1.165) is 15.5 Å². The maximum atomic E-state index is 8.84. The molecule has 0 unspecified atom stereocenters. The number of methoxy groups -OCH3 is 1. The molecule has 0 aromatic heterocycles. The van der Waals surface area contributed by atoms with Crippen LogP contribution >= 0.6 is 23.4 Å². The second kappa shape index (κ2) is 6.54. The first-order chi connectivity index (χ1) is 9.65. The molecule has 20 heavy (non-hydrogen) atoms. The van der Waals surface area contributed by atoms with Crippen LogP contribution in [0.3, 0.4) is 0 Å². The van der Waals surface area contributed by atoms with Crippen LogP contribution in [0.2, 0.25) is 5.02 Å². The van der Waals surface area contributed by atoms with E-state index in [2.05, 4.69) is 5.16 Å². The second-order valence-electron chi connectivity index (χ2n) is 3.88. The molecule has 2 aromatic carbocycles. The normalized spacial score (nSPS) is 11.4. The number of benzene rings is 2. The van der Waals surface area contributed by atoms with Crippen molar-refractivity contribution in [1.82, 2.24) is 0 Å². The summed E-state index contributed by atoms with van der Waals surface area (Å²) in [5.41, 5.74) is 6.30. The maximum Gasteiger partial charge on any atom is 0.171 e. The highest BCUT2D eigenvalue weighted by Crippen LogP contribution is 2.37. The number of nitrogens with two attached hydrogens (primary N) is 1. The first kappa shape index (κ1) is 14.6. The standard InChI is InChI=1S/C14H13ClN2O2S/c1-19-11-4-2-3-5-12(11)20-13-8-9(15)6-7-10(13)14(16)17-18/h2-8,18H,1H3,(H2,16,17). The first-order valence-corrected chi connectivity index (χ1v) is 6.93. The number of halogens is 1. The van der Waals surface area contributed by atoms with E-state index in [4.69, 9.17) is 27.3 Å². The molecule has 0 aliphatic heterocycles. The van der Waals surface area contributed by atoms with Crippen molar-refractivity contribution in [3.8, 4) is 5.75 Å². The molecular weight excluding hydrogens is 296 g/mol. The highest BCUT2D eigenvalue weighted by molar-refractivity contribution is 7.99. The predicted molar refractivity (Wildman–Crippen MR) is 81.1 cm³/mol. The topological polar surface area (TPSA) is 67.8 Å². The fourth-order valence-electron chi connectivity index (χ4n) is 1.67. The number of ether oxygens (including phenoxy) is 1. The van der Waals surface area contributed by atoms with Crippen molar-refractivity contribution >= 4 is 29.2 Å². The van der Waals surface area contributed by atoms with Crippen LogP contribution in [0.4, 0.5) is 0 Å². The molecule has 104 valence electrons. The third kappa shape index (κ3) is 3.18. The van der Waals surface area contributed by atoms with Gasteiger partial charge in [0.05, 0.1) is 12.0 Å². The highest BCUT2D eigenvalue weighted by Gasteiger charge is 2.11. The summed E-state index contributed by atoms with van der Waals surface area (Å²) in [6, 6.07) is 12.8. The molecule has 0 fully saturated rings. The van der Waals surface area contributed by atoms with Gasteiger partial charge >= 0.3 is 0 Å². The molecule has 0 aliphatic carbocycles. The Morgan fingerprint density at radius 2 is 2.00 bits per heavy atom. The Labute approximate surface area is 126 Å². The lowest BCUT2D eigenvalue weighted by Gasteiger charge is -2.11. The minimum absolute atomic E-state index is 0.0408. The van der Waals surface area contributed by atoms with E-state index in [1.165, 1.54) is 11.8 Å². The summed E-state index contributed by atoms with van der Waals surface area (Å²) in [4.78, 5) is 1.71. The van der Waals surface area contributed by atoms with E-state index < -0.39 is 0 Å². The zero-order chi connectivity index (χ0) is 14.5. The molecule has 3 N–H and O–H groups in total. The average molecular weight is 309 g/mol. The van der Waals surface area contributed by atoms with Crippen molar-refractivity contribution in [2.45, 2.75) is 9.79 Å². The second-order valence-corrected chi connectivity index (χ2v) is 5.40. The van der Waals surface area contributed by atoms with Gasteiger partial charge in [-0.2, -0.15) is 0 Å².